The molecule has 134 valence electrons. The fourth-order valence-corrected chi connectivity index (χ4v) is 5.33. The first kappa shape index (κ1) is 18.4. The molecule has 28 heavy (non-hydrogen) atoms. The number of hydrogen-bond acceptors (Lipinski definition) is 2. The highest BCUT2D eigenvalue weighted by molar-refractivity contribution is 7.61. The molecule has 4 heteroatoms. The van der Waals surface area contributed by atoms with Gasteiger partial charge in [-0.05, 0) is 83.9 Å². The second kappa shape index (κ2) is 8.40. The molecule has 0 saturated heterocycles. The predicted molar refractivity (Wildman–Crippen MR) is 119 cm³/mol. The van der Waals surface area contributed by atoms with Crippen molar-refractivity contribution in [1.29, 1.82) is 0 Å². The topological polar surface area (TPSA) is 34.1 Å². The predicted octanol–water partition coefficient (Wildman–Crippen LogP) is 4.91. The molecule has 0 aliphatic heterocycles. The summed E-state index contributed by atoms with van der Waals surface area (Å²) in [6.45, 7) is 0. The lowest BCUT2D eigenvalue weighted by Crippen LogP contribution is -2.06. The van der Waals surface area contributed by atoms with E-state index in [1.807, 2.05) is 109 Å². The van der Waals surface area contributed by atoms with Crippen LogP contribution in [0.15, 0.2) is 109 Å². The van der Waals surface area contributed by atoms with Crippen LogP contribution in [0.3, 0.4) is 0 Å². The molecule has 0 fully saturated rings. The molecule has 4 aromatic rings. The molecule has 0 bridgehead atoms. The van der Waals surface area contributed by atoms with Crippen LogP contribution < -0.4 is 21.2 Å². The Hall–Kier alpha value is -2.92. The Morgan fingerprint density at radius 1 is 0.357 bits per heavy atom. The van der Waals surface area contributed by atoms with E-state index in [4.69, 9.17) is 0 Å². The highest BCUT2D eigenvalue weighted by Gasteiger charge is 2.24. The summed E-state index contributed by atoms with van der Waals surface area (Å²) >= 11 is 0. The minimum atomic E-state index is -1.58. The van der Waals surface area contributed by atoms with Crippen LogP contribution in [0.25, 0.3) is 11.1 Å². The minimum Gasteiger partial charge on any atom is -0.0619 e. The van der Waals surface area contributed by atoms with Crippen molar-refractivity contribution in [2.24, 2.45) is 0 Å². The van der Waals surface area contributed by atoms with Crippen LogP contribution in [0.1, 0.15) is 0 Å². The molecule has 4 rings (SSSR count). The second-order valence-corrected chi connectivity index (χ2v) is 9.60. The summed E-state index contributed by atoms with van der Waals surface area (Å²) in [4.78, 5) is 0. The fourth-order valence-electron chi connectivity index (χ4n) is 3.00. The van der Waals surface area contributed by atoms with Crippen LogP contribution in [0.4, 0.5) is 0 Å². The molecule has 0 aliphatic rings. The van der Waals surface area contributed by atoms with Crippen molar-refractivity contribution >= 4 is 36.8 Å². The van der Waals surface area contributed by atoms with Gasteiger partial charge in [0.1, 0.15) is 0 Å². The van der Waals surface area contributed by atoms with Crippen LogP contribution >= 0.6 is 15.6 Å². The van der Waals surface area contributed by atoms with Crippen molar-refractivity contribution in [3.8, 4) is 11.1 Å². The van der Waals surface area contributed by atoms with Gasteiger partial charge in [0.15, 0.2) is 21.2 Å². The normalized spacial score (nSPS) is 11.7. The van der Waals surface area contributed by atoms with Crippen molar-refractivity contribution in [1.82, 2.24) is 0 Å². The van der Waals surface area contributed by atoms with Gasteiger partial charge in [0.2, 0.25) is 0 Å². The standard InChI is InChI=1S/C24H18O2P2/c25-27(21-7-3-1-4-8-21)23-15-11-19(12-16-23)20-13-17-24(18-14-20)28(26)22-9-5-2-6-10-22/h1-18H/q+2. The Morgan fingerprint density at radius 2 is 0.643 bits per heavy atom. The molecule has 0 radical (unpaired) electrons. The molecule has 0 heterocycles. The van der Waals surface area contributed by atoms with Crippen molar-refractivity contribution < 1.29 is 9.13 Å². The number of rotatable bonds is 5. The second-order valence-electron chi connectivity index (χ2n) is 6.35. The molecule has 2 unspecified atom stereocenters. The summed E-state index contributed by atoms with van der Waals surface area (Å²) < 4.78 is 25.3. The average molecular weight is 400 g/mol. The Bertz CT molecular complexity index is 1010. The van der Waals surface area contributed by atoms with Crippen LogP contribution in [-0.2, 0) is 9.13 Å². The van der Waals surface area contributed by atoms with Crippen LogP contribution in [0.5, 0.6) is 0 Å². The van der Waals surface area contributed by atoms with E-state index in [1.54, 1.807) is 0 Å². The Labute approximate surface area is 166 Å². The zero-order valence-electron chi connectivity index (χ0n) is 15.1. The van der Waals surface area contributed by atoms with Crippen molar-refractivity contribution in [3.63, 3.8) is 0 Å². The average Bonchev–Trinajstić information content (AvgIpc) is 2.79. The van der Waals surface area contributed by atoms with E-state index in [9.17, 15) is 9.13 Å². The molecule has 0 spiro atoms. The molecular formula is C24H18O2P2+2. The van der Waals surface area contributed by atoms with E-state index < -0.39 is 15.6 Å². The molecule has 2 nitrogen and oxygen atoms in total. The maximum Gasteiger partial charge on any atom is 0.415 e. The van der Waals surface area contributed by atoms with Gasteiger partial charge in [-0.25, -0.2) is 0 Å². The van der Waals surface area contributed by atoms with E-state index in [0.717, 1.165) is 32.3 Å². The first-order chi connectivity index (χ1) is 13.7. The highest BCUT2D eigenvalue weighted by Crippen LogP contribution is 2.25. The van der Waals surface area contributed by atoms with E-state index in [0.29, 0.717) is 0 Å². The van der Waals surface area contributed by atoms with Gasteiger partial charge >= 0.3 is 15.6 Å². The van der Waals surface area contributed by atoms with E-state index in [1.165, 1.54) is 0 Å². The SMILES string of the molecule is O=[P+](c1ccccc1)c1ccc(-c2ccc([P+](=O)c3ccccc3)cc2)cc1. The largest absolute Gasteiger partial charge is 0.415 e. The lowest BCUT2D eigenvalue weighted by Gasteiger charge is -2.00. The third kappa shape index (κ3) is 3.99. The molecule has 0 saturated carbocycles. The zero-order valence-corrected chi connectivity index (χ0v) is 16.9. The monoisotopic (exact) mass is 400 g/mol. The van der Waals surface area contributed by atoms with Crippen molar-refractivity contribution in [2.75, 3.05) is 0 Å². The van der Waals surface area contributed by atoms with Gasteiger partial charge in [-0.15, -0.1) is 0 Å². The fraction of sp³-hybridized carbons (Fsp3) is 0. The molecule has 0 aromatic heterocycles. The summed E-state index contributed by atoms with van der Waals surface area (Å²) in [5.41, 5.74) is 2.09. The lowest BCUT2D eigenvalue weighted by atomic mass is 10.1. The summed E-state index contributed by atoms with van der Waals surface area (Å²) in [6.07, 6.45) is 0. The van der Waals surface area contributed by atoms with Crippen molar-refractivity contribution in [2.45, 2.75) is 0 Å². The third-order valence-corrected chi connectivity index (χ3v) is 7.59. The molecule has 4 aromatic carbocycles. The number of hydrogen-bond donors (Lipinski definition) is 0. The summed E-state index contributed by atoms with van der Waals surface area (Å²) in [5.74, 6) is 0. The van der Waals surface area contributed by atoms with Gasteiger partial charge in [0.25, 0.3) is 0 Å². The number of benzene rings is 4. The maximum absolute atomic E-state index is 12.7. The molecule has 0 aliphatic carbocycles. The van der Waals surface area contributed by atoms with Gasteiger partial charge in [-0.1, -0.05) is 45.5 Å². The molecular weight excluding hydrogens is 382 g/mol. The maximum atomic E-state index is 12.7. The smallest absolute Gasteiger partial charge is 0.0619 e. The highest BCUT2D eigenvalue weighted by atomic mass is 31.1. The Kier molecular flexibility index (Phi) is 5.53. The third-order valence-electron chi connectivity index (χ3n) is 4.52. The Balaban J connectivity index is 1.53. The van der Waals surface area contributed by atoms with Gasteiger partial charge in [0, 0.05) is 0 Å². The van der Waals surface area contributed by atoms with Crippen LogP contribution in [0.2, 0.25) is 0 Å². The molecule has 2 atom stereocenters. The summed E-state index contributed by atoms with van der Waals surface area (Å²) in [6, 6.07) is 34.6. The van der Waals surface area contributed by atoms with Gasteiger partial charge in [0.05, 0.1) is 0 Å². The van der Waals surface area contributed by atoms with E-state index in [-0.39, 0.29) is 0 Å². The van der Waals surface area contributed by atoms with Gasteiger partial charge in [-0.3, -0.25) is 0 Å². The quantitative estimate of drug-likeness (QED) is 0.446. The zero-order chi connectivity index (χ0) is 19.3. The van der Waals surface area contributed by atoms with Gasteiger partial charge in [-0.2, -0.15) is 0 Å². The Morgan fingerprint density at radius 3 is 0.964 bits per heavy atom. The molecule has 0 amide bonds. The van der Waals surface area contributed by atoms with Crippen LogP contribution in [0, 0.1) is 0 Å². The van der Waals surface area contributed by atoms with Gasteiger partial charge < -0.3 is 0 Å². The van der Waals surface area contributed by atoms with Crippen molar-refractivity contribution in [3.05, 3.63) is 109 Å². The first-order valence-electron chi connectivity index (χ1n) is 8.97. The summed E-state index contributed by atoms with van der Waals surface area (Å²) in [7, 11) is -3.16. The lowest BCUT2D eigenvalue weighted by molar-refractivity contribution is 0.597. The first-order valence-corrected chi connectivity index (χ1v) is 11.5. The van der Waals surface area contributed by atoms with E-state index >= 15 is 0 Å². The van der Waals surface area contributed by atoms with Crippen LogP contribution in [-0.4, -0.2) is 0 Å². The molecule has 0 N–H and O–H groups in total. The minimum absolute atomic E-state index is 0.814. The summed E-state index contributed by atoms with van der Waals surface area (Å²) in [5, 5.41) is 3.29. The van der Waals surface area contributed by atoms with E-state index in [2.05, 4.69) is 0 Å².